The molecule has 0 aliphatic heterocycles. The minimum absolute atomic E-state index is 0.325. The molecule has 3 nitrogen and oxygen atoms in total. The van der Waals surface area contributed by atoms with E-state index in [1.165, 1.54) is 0 Å². The van der Waals surface area contributed by atoms with Crippen molar-refractivity contribution >= 4 is 5.78 Å². The normalized spacial score (nSPS) is 24.0. The average molecular weight is 194 g/mol. The minimum atomic E-state index is -4.81. The lowest BCUT2D eigenvalue weighted by Crippen LogP contribution is -2.32. The molecule has 1 unspecified atom stereocenters. The molecule has 1 rings (SSSR count). The van der Waals surface area contributed by atoms with E-state index in [4.69, 9.17) is 10.2 Å². The molecule has 13 heavy (non-hydrogen) atoms. The van der Waals surface area contributed by atoms with Gasteiger partial charge in [0.15, 0.2) is 5.78 Å². The average Bonchev–Trinajstić information content (AvgIpc) is 1.94. The third kappa shape index (κ3) is 1.89. The molecule has 0 aromatic carbocycles. The first-order chi connectivity index (χ1) is 5.82. The lowest BCUT2D eigenvalue weighted by atomic mass is 9.99. The number of hydrogen-bond donors (Lipinski definition) is 2. The summed E-state index contributed by atoms with van der Waals surface area (Å²) in [4.78, 5) is 10.6. The van der Waals surface area contributed by atoms with Crippen molar-refractivity contribution < 1.29 is 28.2 Å². The Bertz CT molecular complexity index is 301. The summed E-state index contributed by atoms with van der Waals surface area (Å²) in [6, 6.07) is 0. The summed E-state index contributed by atoms with van der Waals surface area (Å²) in [5.41, 5.74) is -1.45. The van der Waals surface area contributed by atoms with E-state index in [0.717, 1.165) is 0 Å². The molecule has 1 aliphatic carbocycles. The van der Waals surface area contributed by atoms with Crippen molar-refractivity contribution in [1.82, 2.24) is 0 Å². The summed E-state index contributed by atoms with van der Waals surface area (Å²) in [5.74, 6) is -1.98. The Kier molecular flexibility index (Phi) is 2.17. The molecule has 0 bridgehead atoms. The first kappa shape index (κ1) is 9.79. The van der Waals surface area contributed by atoms with Crippen LogP contribution in [0, 0.1) is 0 Å². The Morgan fingerprint density at radius 3 is 2.31 bits per heavy atom. The molecule has 0 spiro atoms. The van der Waals surface area contributed by atoms with E-state index >= 15 is 0 Å². The topological polar surface area (TPSA) is 57.5 Å². The molecule has 0 saturated carbocycles. The van der Waals surface area contributed by atoms with Crippen molar-refractivity contribution in [2.45, 2.75) is 12.3 Å². The third-order valence-corrected chi connectivity index (χ3v) is 1.48. The van der Waals surface area contributed by atoms with E-state index in [0.29, 0.717) is 12.2 Å². The molecule has 72 valence electrons. The molecule has 0 radical (unpaired) electrons. The van der Waals surface area contributed by atoms with E-state index < -0.39 is 29.4 Å². The quantitative estimate of drug-likeness (QED) is 0.601. The maximum atomic E-state index is 12.0. The fourth-order valence-electron chi connectivity index (χ4n) is 0.895. The third-order valence-electron chi connectivity index (χ3n) is 1.48. The molecule has 1 aliphatic rings. The molecular formula is C7H5F3O3. The van der Waals surface area contributed by atoms with Crippen LogP contribution in [-0.2, 0) is 4.79 Å². The van der Waals surface area contributed by atoms with Gasteiger partial charge in [-0.3, -0.25) is 4.79 Å². The molecule has 0 heterocycles. The van der Waals surface area contributed by atoms with Gasteiger partial charge < -0.3 is 10.2 Å². The largest absolute Gasteiger partial charge is 0.508 e. The zero-order valence-electron chi connectivity index (χ0n) is 6.17. The molecule has 0 saturated heterocycles. The second-order valence-electron chi connectivity index (χ2n) is 2.47. The minimum Gasteiger partial charge on any atom is -0.508 e. The van der Waals surface area contributed by atoms with Crippen LogP contribution in [0.1, 0.15) is 0 Å². The standard InChI is InChI=1S/C7H5F3O3/c8-7(9,10)4-1-3(11)2-5(12)6(4)13/h1-2,6,11,13H. The second kappa shape index (κ2) is 2.88. The first-order valence-electron chi connectivity index (χ1n) is 3.23. The van der Waals surface area contributed by atoms with Gasteiger partial charge in [-0.25, -0.2) is 0 Å². The predicted molar refractivity (Wildman–Crippen MR) is 35.9 cm³/mol. The highest BCUT2D eigenvalue weighted by Crippen LogP contribution is 2.31. The van der Waals surface area contributed by atoms with Gasteiger partial charge in [-0.15, -0.1) is 0 Å². The maximum absolute atomic E-state index is 12.0. The van der Waals surface area contributed by atoms with Gasteiger partial charge in [-0.05, 0) is 6.08 Å². The molecule has 0 aromatic heterocycles. The number of rotatable bonds is 0. The summed E-state index contributed by atoms with van der Waals surface area (Å²) < 4.78 is 36.1. The summed E-state index contributed by atoms with van der Waals surface area (Å²) in [5, 5.41) is 17.5. The van der Waals surface area contributed by atoms with Crippen LogP contribution in [0.5, 0.6) is 0 Å². The summed E-state index contributed by atoms with van der Waals surface area (Å²) in [6.07, 6.45) is -6.17. The van der Waals surface area contributed by atoms with Gasteiger partial charge in [0, 0.05) is 6.08 Å². The van der Waals surface area contributed by atoms with Crippen LogP contribution < -0.4 is 0 Å². The number of halogens is 3. The van der Waals surface area contributed by atoms with Gasteiger partial charge in [0.05, 0.1) is 5.57 Å². The molecule has 6 heteroatoms. The monoisotopic (exact) mass is 194 g/mol. The van der Waals surface area contributed by atoms with Gasteiger partial charge in [-0.2, -0.15) is 13.2 Å². The zero-order chi connectivity index (χ0) is 10.2. The lowest BCUT2D eigenvalue weighted by molar-refractivity contribution is -0.131. The smallest absolute Gasteiger partial charge is 0.415 e. The number of carbonyl (C=O) groups is 1. The Morgan fingerprint density at radius 1 is 1.31 bits per heavy atom. The molecular weight excluding hydrogens is 189 g/mol. The fraction of sp³-hybridized carbons (Fsp3) is 0.286. The summed E-state index contributed by atoms with van der Waals surface area (Å²) in [6.45, 7) is 0. The van der Waals surface area contributed by atoms with Crippen molar-refractivity contribution in [3.63, 3.8) is 0 Å². The zero-order valence-corrected chi connectivity index (χ0v) is 6.17. The van der Waals surface area contributed by atoms with E-state index in [-0.39, 0.29) is 0 Å². The Labute approximate surface area is 70.8 Å². The molecule has 0 fully saturated rings. The Morgan fingerprint density at radius 2 is 1.85 bits per heavy atom. The van der Waals surface area contributed by atoms with Crippen LogP contribution in [0.4, 0.5) is 13.2 Å². The van der Waals surface area contributed by atoms with Crippen LogP contribution in [0.15, 0.2) is 23.5 Å². The second-order valence-corrected chi connectivity index (χ2v) is 2.47. The first-order valence-corrected chi connectivity index (χ1v) is 3.23. The van der Waals surface area contributed by atoms with Crippen LogP contribution in [0.2, 0.25) is 0 Å². The van der Waals surface area contributed by atoms with Crippen LogP contribution in [-0.4, -0.2) is 28.3 Å². The van der Waals surface area contributed by atoms with E-state index in [9.17, 15) is 18.0 Å². The SMILES string of the molecule is O=C1C=C(O)C=C(C(F)(F)F)C1O. The highest BCUT2D eigenvalue weighted by Gasteiger charge is 2.42. The van der Waals surface area contributed by atoms with Crippen molar-refractivity contribution in [3.05, 3.63) is 23.5 Å². The van der Waals surface area contributed by atoms with Gasteiger partial charge >= 0.3 is 6.18 Å². The van der Waals surface area contributed by atoms with Crippen molar-refractivity contribution in [2.75, 3.05) is 0 Å². The highest BCUT2D eigenvalue weighted by molar-refractivity contribution is 5.97. The maximum Gasteiger partial charge on any atom is 0.415 e. The summed E-state index contributed by atoms with van der Waals surface area (Å²) in [7, 11) is 0. The molecule has 2 N–H and O–H groups in total. The number of alkyl halides is 3. The van der Waals surface area contributed by atoms with Gasteiger partial charge in [-0.1, -0.05) is 0 Å². The van der Waals surface area contributed by atoms with Gasteiger partial charge in [0.25, 0.3) is 0 Å². The van der Waals surface area contributed by atoms with Gasteiger partial charge in [0.1, 0.15) is 11.9 Å². The molecule has 0 amide bonds. The van der Waals surface area contributed by atoms with Crippen molar-refractivity contribution in [3.8, 4) is 0 Å². The molecule has 0 aromatic rings. The number of hydrogen-bond acceptors (Lipinski definition) is 3. The van der Waals surface area contributed by atoms with Crippen LogP contribution >= 0.6 is 0 Å². The number of allylic oxidation sites excluding steroid dienone is 1. The number of aliphatic hydroxyl groups is 2. The Hall–Kier alpha value is -1.30. The summed E-state index contributed by atoms with van der Waals surface area (Å²) >= 11 is 0. The van der Waals surface area contributed by atoms with E-state index in [1.807, 2.05) is 0 Å². The number of ketones is 1. The molecule has 1 atom stereocenters. The van der Waals surface area contributed by atoms with E-state index in [1.54, 1.807) is 0 Å². The lowest BCUT2D eigenvalue weighted by Gasteiger charge is -2.18. The number of aliphatic hydroxyl groups excluding tert-OH is 2. The van der Waals surface area contributed by atoms with Gasteiger partial charge in [0.2, 0.25) is 0 Å². The van der Waals surface area contributed by atoms with Crippen molar-refractivity contribution in [2.24, 2.45) is 0 Å². The van der Waals surface area contributed by atoms with Crippen LogP contribution in [0.3, 0.4) is 0 Å². The number of carbonyl (C=O) groups excluding carboxylic acids is 1. The van der Waals surface area contributed by atoms with Crippen molar-refractivity contribution in [1.29, 1.82) is 0 Å². The Balaban J connectivity index is 3.10. The highest BCUT2D eigenvalue weighted by atomic mass is 19.4. The predicted octanol–water partition coefficient (Wildman–Crippen LogP) is 0.861. The fourth-order valence-corrected chi connectivity index (χ4v) is 0.895. The van der Waals surface area contributed by atoms with Crippen LogP contribution in [0.25, 0.3) is 0 Å². The van der Waals surface area contributed by atoms with E-state index in [2.05, 4.69) is 0 Å².